The first-order chi connectivity index (χ1) is 20.0. The first-order valence-corrected chi connectivity index (χ1v) is 13.9. The van der Waals surface area contributed by atoms with Crippen LogP contribution in [0.25, 0.3) is 22.5 Å². The van der Waals surface area contributed by atoms with Crippen LogP contribution in [0.15, 0.2) is 106 Å². The zero-order valence-electron chi connectivity index (χ0n) is 22.4. The van der Waals surface area contributed by atoms with Gasteiger partial charge in [-0.3, -0.25) is 9.36 Å². The zero-order valence-corrected chi connectivity index (χ0v) is 23.2. The molecule has 204 valence electrons. The number of methoxy groups -OCH3 is 1. The van der Waals surface area contributed by atoms with Crippen molar-refractivity contribution in [3.8, 4) is 11.5 Å². The van der Waals surface area contributed by atoms with E-state index in [1.807, 2.05) is 66.7 Å². The molecule has 0 fully saturated rings. The van der Waals surface area contributed by atoms with Crippen LogP contribution in [0.2, 0.25) is 0 Å². The van der Waals surface area contributed by atoms with Crippen LogP contribution in [-0.4, -0.2) is 29.4 Å². The molecule has 1 atom stereocenters. The van der Waals surface area contributed by atoms with E-state index in [1.54, 1.807) is 48.9 Å². The van der Waals surface area contributed by atoms with E-state index in [0.29, 0.717) is 26.3 Å². The van der Waals surface area contributed by atoms with Crippen LogP contribution in [0.3, 0.4) is 0 Å². The lowest BCUT2D eigenvalue weighted by molar-refractivity contribution is -0.138. The summed E-state index contributed by atoms with van der Waals surface area (Å²) in [6.07, 6.45) is 1.76. The minimum absolute atomic E-state index is 0.137. The number of nitrogens with zero attached hydrogens (tertiary/aromatic N) is 2. The van der Waals surface area contributed by atoms with Crippen LogP contribution in [0.4, 0.5) is 0 Å². The van der Waals surface area contributed by atoms with E-state index < -0.39 is 12.0 Å². The van der Waals surface area contributed by atoms with Gasteiger partial charge in [0.25, 0.3) is 5.56 Å². The number of aromatic nitrogens is 1. The van der Waals surface area contributed by atoms with Crippen molar-refractivity contribution in [2.24, 2.45) is 4.99 Å². The molecule has 0 radical (unpaired) electrons. The van der Waals surface area contributed by atoms with Crippen molar-refractivity contribution in [2.75, 3.05) is 13.7 Å². The molecule has 7 nitrogen and oxygen atoms in total. The fourth-order valence-corrected chi connectivity index (χ4v) is 6.17. The summed E-state index contributed by atoms with van der Waals surface area (Å²) in [6.45, 7) is 1.91. The number of phenolic OH excluding ortho intramolecular Hbond substituents is 1. The summed E-state index contributed by atoms with van der Waals surface area (Å²) in [7, 11) is 1.58. The molecule has 2 heterocycles. The lowest BCUT2D eigenvalue weighted by atomic mass is 9.89. The fourth-order valence-electron chi connectivity index (χ4n) is 5.17. The molecule has 8 heteroatoms. The van der Waals surface area contributed by atoms with Crippen LogP contribution in [0, 0.1) is 0 Å². The Morgan fingerprint density at radius 3 is 2.46 bits per heavy atom. The predicted octanol–water partition coefficient (Wildman–Crippen LogP) is 4.80. The number of rotatable bonds is 6. The molecule has 0 saturated heterocycles. The van der Waals surface area contributed by atoms with E-state index in [0.717, 1.165) is 21.9 Å². The van der Waals surface area contributed by atoms with E-state index in [-0.39, 0.29) is 23.5 Å². The molecule has 1 N–H and O–H groups in total. The second-order valence-corrected chi connectivity index (χ2v) is 10.4. The summed E-state index contributed by atoms with van der Waals surface area (Å²) in [5, 5.41) is 11.5. The Hall–Kier alpha value is -4.95. The third kappa shape index (κ3) is 4.72. The Bertz CT molecular complexity index is 1990. The van der Waals surface area contributed by atoms with Crippen molar-refractivity contribution in [1.82, 2.24) is 4.57 Å². The number of thiazole rings is 1. The smallest absolute Gasteiger partial charge is 0.338 e. The molecule has 0 aliphatic carbocycles. The van der Waals surface area contributed by atoms with Gasteiger partial charge in [-0.15, -0.1) is 0 Å². The maximum atomic E-state index is 14.2. The maximum Gasteiger partial charge on any atom is 0.338 e. The number of benzene rings is 4. The number of phenols is 1. The highest BCUT2D eigenvalue weighted by molar-refractivity contribution is 7.07. The zero-order chi connectivity index (χ0) is 28.5. The van der Waals surface area contributed by atoms with Gasteiger partial charge in [0.15, 0.2) is 4.80 Å². The predicted molar refractivity (Wildman–Crippen MR) is 160 cm³/mol. The molecule has 4 aromatic carbocycles. The van der Waals surface area contributed by atoms with Crippen LogP contribution >= 0.6 is 11.3 Å². The number of carbonyl (C=O) groups excluding carboxylic acids is 1. The number of aromatic hydroxyl groups is 1. The standard InChI is InChI=1S/C33H26N2O5S/c1-3-40-32(38)28-29(22-10-5-4-6-11-22)34-33-35(31(37)26(41-33)19-20-13-16-23(36)17-14-20)30(28)27-24-12-8-7-9-21(24)15-18-25(27)39-2/h4-19,30,36H,3H2,1-2H3/b26-19-/t30-/m1/s1. The molecule has 1 aliphatic rings. The van der Waals surface area contributed by atoms with Crippen molar-refractivity contribution in [1.29, 1.82) is 0 Å². The van der Waals surface area contributed by atoms with Crippen molar-refractivity contribution in [2.45, 2.75) is 13.0 Å². The fraction of sp³-hybridized carbons (Fsp3) is 0.121. The van der Waals surface area contributed by atoms with E-state index in [1.165, 1.54) is 11.3 Å². The Kier molecular flexibility index (Phi) is 6.99. The van der Waals surface area contributed by atoms with Gasteiger partial charge in [-0.2, -0.15) is 0 Å². The van der Waals surface area contributed by atoms with Crippen molar-refractivity contribution < 1.29 is 19.4 Å². The van der Waals surface area contributed by atoms with Crippen LogP contribution < -0.4 is 19.6 Å². The van der Waals surface area contributed by atoms with Gasteiger partial charge in [-0.1, -0.05) is 84.1 Å². The van der Waals surface area contributed by atoms with Gasteiger partial charge in [0.05, 0.1) is 29.5 Å². The maximum absolute atomic E-state index is 14.2. The Balaban J connectivity index is 1.75. The lowest BCUT2D eigenvalue weighted by Crippen LogP contribution is -2.40. The molecule has 5 aromatic rings. The first kappa shape index (κ1) is 26.3. The molecule has 41 heavy (non-hydrogen) atoms. The summed E-state index contributed by atoms with van der Waals surface area (Å²) in [6, 6.07) is 26.8. The molecule has 0 amide bonds. The molecular weight excluding hydrogens is 536 g/mol. The third-order valence-electron chi connectivity index (χ3n) is 6.99. The number of fused-ring (bicyclic) bond motifs is 2. The quantitative estimate of drug-likeness (QED) is 0.300. The summed E-state index contributed by atoms with van der Waals surface area (Å²) in [5.74, 6) is 0.124. The average Bonchev–Trinajstić information content (AvgIpc) is 3.31. The van der Waals surface area contributed by atoms with Gasteiger partial charge < -0.3 is 14.6 Å². The van der Waals surface area contributed by atoms with Crippen molar-refractivity contribution in [3.63, 3.8) is 0 Å². The molecule has 1 aliphatic heterocycles. The largest absolute Gasteiger partial charge is 0.508 e. The molecule has 1 aromatic heterocycles. The summed E-state index contributed by atoms with van der Waals surface area (Å²) in [4.78, 5) is 33.4. The number of hydrogen-bond acceptors (Lipinski definition) is 7. The second kappa shape index (κ2) is 10.9. The molecule has 6 rings (SSSR count). The van der Waals surface area contributed by atoms with Crippen molar-refractivity contribution >= 4 is 39.9 Å². The van der Waals surface area contributed by atoms with Gasteiger partial charge in [0.1, 0.15) is 17.5 Å². The number of carbonyl (C=O) groups is 1. The van der Waals surface area contributed by atoms with Crippen LogP contribution in [0.5, 0.6) is 11.5 Å². The third-order valence-corrected chi connectivity index (χ3v) is 7.97. The highest BCUT2D eigenvalue weighted by atomic mass is 32.1. The lowest BCUT2D eigenvalue weighted by Gasteiger charge is -2.28. The molecule has 0 spiro atoms. The molecule has 0 unspecified atom stereocenters. The summed E-state index contributed by atoms with van der Waals surface area (Å²) < 4.78 is 13.5. The Morgan fingerprint density at radius 2 is 1.73 bits per heavy atom. The second-order valence-electron chi connectivity index (χ2n) is 9.43. The first-order valence-electron chi connectivity index (χ1n) is 13.1. The summed E-state index contributed by atoms with van der Waals surface area (Å²) in [5.41, 5.74) is 2.57. The van der Waals surface area contributed by atoms with Gasteiger partial charge in [0.2, 0.25) is 0 Å². The minimum atomic E-state index is -0.872. The van der Waals surface area contributed by atoms with Crippen molar-refractivity contribution in [3.05, 3.63) is 133 Å². The Labute approximate surface area is 239 Å². The van der Waals surface area contributed by atoms with Gasteiger partial charge in [-0.05, 0) is 47.5 Å². The average molecular weight is 563 g/mol. The number of esters is 1. The van der Waals surface area contributed by atoms with Gasteiger partial charge in [-0.25, -0.2) is 9.79 Å². The molecular formula is C33H26N2O5S. The normalized spacial score (nSPS) is 15.0. The van der Waals surface area contributed by atoms with E-state index >= 15 is 0 Å². The van der Waals surface area contributed by atoms with Gasteiger partial charge >= 0.3 is 5.97 Å². The topological polar surface area (TPSA) is 90.1 Å². The Morgan fingerprint density at radius 1 is 1.00 bits per heavy atom. The number of ether oxygens (including phenoxy) is 2. The van der Waals surface area contributed by atoms with E-state index in [2.05, 4.69) is 0 Å². The summed E-state index contributed by atoms with van der Waals surface area (Å²) >= 11 is 1.24. The number of hydrogen-bond donors (Lipinski definition) is 1. The SMILES string of the molecule is CCOC(=O)C1=C(c2ccccc2)N=c2s/c(=C\c3ccc(O)cc3)c(=O)n2[C@@H]1c1c(OC)ccc2ccccc12. The van der Waals surface area contributed by atoms with Gasteiger partial charge in [0, 0.05) is 11.1 Å². The molecule has 0 bridgehead atoms. The van der Waals surface area contributed by atoms with E-state index in [9.17, 15) is 14.7 Å². The monoisotopic (exact) mass is 562 g/mol. The molecule has 0 saturated carbocycles. The van der Waals surface area contributed by atoms with Crippen LogP contribution in [-0.2, 0) is 9.53 Å². The van der Waals surface area contributed by atoms with Crippen LogP contribution in [0.1, 0.15) is 29.7 Å². The highest BCUT2D eigenvalue weighted by Crippen LogP contribution is 2.42. The highest BCUT2D eigenvalue weighted by Gasteiger charge is 2.37. The van der Waals surface area contributed by atoms with E-state index in [4.69, 9.17) is 14.5 Å². The minimum Gasteiger partial charge on any atom is -0.508 e.